The van der Waals surface area contributed by atoms with E-state index in [0.29, 0.717) is 21.0 Å². The van der Waals surface area contributed by atoms with Crippen LogP contribution in [0.4, 0.5) is 0 Å². The Morgan fingerprint density at radius 3 is 2.88 bits per heavy atom. The van der Waals surface area contributed by atoms with Crippen molar-refractivity contribution in [3.05, 3.63) is 34.1 Å². The molecule has 0 unspecified atom stereocenters. The zero-order chi connectivity index (χ0) is 11.5. The number of benzene rings is 1. The Balaban J connectivity index is 2.22. The third-order valence-corrected chi connectivity index (χ3v) is 3.04. The van der Waals surface area contributed by atoms with E-state index in [-0.39, 0.29) is 0 Å². The van der Waals surface area contributed by atoms with Crippen LogP contribution >= 0.6 is 34.7 Å². The first-order valence-electron chi connectivity index (χ1n) is 4.64. The lowest BCUT2D eigenvalue weighted by molar-refractivity contribution is 0.477. The predicted molar refractivity (Wildman–Crippen MR) is 65.8 cm³/mol. The molecule has 16 heavy (non-hydrogen) atoms. The lowest BCUT2D eigenvalue weighted by Crippen LogP contribution is -1.86. The fraction of sp³-hybridized carbons (Fsp3) is 0.200. The molecule has 0 atom stereocenters. The van der Waals surface area contributed by atoms with Gasteiger partial charge in [0.25, 0.3) is 5.19 Å². The second-order valence-electron chi connectivity index (χ2n) is 3.01. The van der Waals surface area contributed by atoms with Crippen molar-refractivity contribution in [3.8, 4) is 10.9 Å². The van der Waals surface area contributed by atoms with Crippen LogP contribution in [0, 0.1) is 0 Å². The van der Waals surface area contributed by atoms with Gasteiger partial charge in [-0.25, -0.2) is 0 Å². The van der Waals surface area contributed by atoms with Crippen LogP contribution in [-0.4, -0.2) is 9.36 Å². The van der Waals surface area contributed by atoms with Crippen LogP contribution in [0.1, 0.15) is 12.7 Å². The Morgan fingerprint density at radius 2 is 2.19 bits per heavy atom. The minimum Gasteiger partial charge on any atom is -0.428 e. The highest BCUT2D eigenvalue weighted by atomic mass is 35.5. The minimum absolute atomic E-state index is 0.473. The van der Waals surface area contributed by atoms with Gasteiger partial charge in [0, 0.05) is 29.0 Å². The number of aromatic nitrogens is 2. The van der Waals surface area contributed by atoms with Gasteiger partial charge in [0.2, 0.25) is 0 Å². The summed E-state index contributed by atoms with van der Waals surface area (Å²) in [6.07, 6.45) is 0.781. The van der Waals surface area contributed by atoms with E-state index >= 15 is 0 Å². The minimum atomic E-state index is 0.473. The maximum atomic E-state index is 5.96. The fourth-order valence-electron chi connectivity index (χ4n) is 1.07. The average molecular weight is 275 g/mol. The Bertz CT molecular complexity index is 501. The lowest BCUT2D eigenvalue weighted by atomic mass is 10.3. The quantitative estimate of drug-likeness (QED) is 0.842. The Labute approximate surface area is 107 Å². The van der Waals surface area contributed by atoms with Gasteiger partial charge in [-0.15, -0.1) is 0 Å². The van der Waals surface area contributed by atoms with E-state index < -0.39 is 0 Å². The van der Waals surface area contributed by atoms with Crippen molar-refractivity contribution in [2.24, 2.45) is 0 Å². The summed E-state index contributed by atoms with van der Waals surface area (Å²) in [5.41, 5.74) is 0. The van der Waals surface area contributed by atoms with Gasteiger partial charge < -0.3 is 4.74 Å². The third-order valence-electron chi connectivity index (χ3n) is 1.86. The van der Waals surface area contributed by atoms with Crippen LogP contribution in [0.3, 0.4) is 0 Å². The topological polar surface area (TPSA) is 35.0 Å². The Hall–Kier alpha value is -0.840. The predicted octanol–water partition coefficient (Wildman–Crippen LogP) is 4.20. The molecule has 0 aliphatic carbocycles. The van der Waals surface area contributed by atoms with E-state index in [4.69, 9.17) is 27.9 Å². The molecule has 0 aliphatic rings. The Morgan fingerprint density at radius 1 is 1.38 bits per heavy atom. The summed E-state index contributed by atoms with van der Waals surface area (Å²) < 4.78 is 9.61. The smallest absolute Gasteiger partial charge is 0.298 e. The molecular weight excluding hydrogens is 267 g/mol. The van der Waals surface area contributed by atoms with Crippen LogP contribution in [0.2, 0.25) is 10.0 Å². The highest BCUT2D eigenvalue weighted by Crippen LogP contribution is 2.32. The first kappa shape index (κ1) is 11.6. The molecule has 0 saturated heterocycles. The van der Waals surface area contributed by atoms with Gasteiger partial charge >= 0.3 is 0 Å². The maximum absolute atomic E-state index is 5.96. The number of hydrogen-bond donors (Lipinski definition) is 0. The van der Waals surface area contributed by atoms with E-state index in [9.17, 15) is 0 Å². The van der Waals surface area contributed by atoms with Crippen molar-refractivity contribution in [1.29, 1.82) is 0 Å². The molecule has 0 fully saturated rings. The first-order chi connectivity index (χ1) is 7.69. The Kier molecular flexibility index (Phi) is 3.63. The lowest BCUT2D eigenvalue weighted by Gasteiger charge is -2.03. The van der Waals surface area contributed by atoms with Gasteiger partial charge in [-0.3, -0.25) is 0 Å². The number of halogens is 2. The van der Waals surface area contributed by atoms with Gasteiger partial charge in [-0.1, -0.05) is 30.1 Å². The number of aryl methyl sites for hydroxylation is 1. The number of rotatable bonds is 3. The molecule has 0 N–H and O–H groups in total. The van der Waals surface area contributed by atoms with Gasteiger partial charge in [0.05, 0.1) is 5.02 Å². The third kappa shape index (κ3) is 2.64. The number of ether oxygens (including phenoxy) is 1. The van der Waals surface area contributed by atoms with E-state index in [2.05, 4.69) is 9.36 Å². The maximum Gasteiger partial charge on any atom is 0.298 e. The van der Waals surface area contributed by atoms with Gasteiger partial charge in [0.15, 0.2) is 0 Å². The zero-order valence-electron chi connectivity index (χ0n) is 8.41. The molecule has 0 saturated carbocycles. The van der Waals surface area contributed by atoms with Crippen molar-refractivity contribution >= 4 is 34.7 Å². The van der Waals surface area contributed by atoms with Crippen molar-refractivity contribution in [2.45, 2.75) is 13.3 Å². The molecule has 1 aromatic heterocycles. The molecule has 0 amide bonds. The molecule has 3 nitrogen and oxygen atoms in total. The van der Waals surface area contributed by atoms with Crippen LogP contribution in [0.25, 0.3) is 0 Å². The van der Waals surface area contributed by atoms with Crippen LogP contribution in [0.5, 0.6) is 10.9 Å². The second kappa shape index (κ2) is 4.99. The summed E-state index contributed by atoms with van der Waals surface area (Å²) >= 11 is 13.0. The van der Waals surface area contributed by atoms with Crippen molar-refractivity contribution in [3.63, 3.8) is 0 Å². The van der Waals surface area contributed by atoms with Crippen molar-refractivity contribution in [1.82, 2.24) is 9.36 Å². The average Bonchev–Trinajstić information content (AvgIpc) is 2.71. The normalized spacial score (nSPS) is 10.4. The molecule has 6 heteroatoms. The van der Waals surface area contributed by atoms with Gasteiger partial charge in [-0.2, -0.15) is 9.36 Å². The highest BCUT2D eigenvalue weighted by Gasteiger charge is 2.08. The van der Waals surface area contributed by atoms with Crippen LogP contribution < -0.4 is 4.74 Å². The van der Waals surface area contributed by atoms with Gasteiger partial charge in [-0.05, 0) is 12.1 Å². The van der Waals surface area contributed by atoms with E-state index in [1.54, 1.807) is 18.2 Å². The van der Waals surface area contributed by atoms with E-state index in [1.807, 2.05) is 6.92 Å². The summed E-state index contributed by atoms with van der Waals surface area (Å²) in [5.74, 6) is 1.26. The summed E-state index contributed by atoms with van der Waals surface area (Å²) in [7, 11) is 0. The highest BCUT2D eigenvalue weighted by molar-refractivity contribution is 7.07. The number of hydrogen-bond acceptors (Lipinski definition) is 4. The first-order valence-corrected chi connectivity index (χ1v) is 6.17. The summed E-state index contributed by atoms with van der Waals surface area (Å²) in [6.45, 7) is 1.98. The molecule has 0 radical (unpaired) electrons. The molecule has 1 aromatic carbocycles. The van der Waals surface area contributed by atoms with Crippen LogP contribution in [0.15, 0.2) is 18.2 Å². The molecule has 2 aromatic rings. The molecule has 1 heterocycles. The molecule has 0 bridgehead atoms. The molecule has 0 aliphatic heterocycles. The summed E-state index contributed by atoms with van der Waals surface area (Å²) in [6, 6.07) is 5.03. The SMILES string of the molecule is CCc1nsc(Oc2cc(Cl)ccc2Cl)n1. The molecular formula is C10H8Cl2N2OS. The van der Waals surface area contributed by atoms with Gasteiger partial charge in [0.1, 0.15) is 11.6 Å². The summed E-state index contributed by atoms with van der Waals surface area (Å²) in [5, 5.41) is 1.54. The monoisotopic (exact) mass is 274 g/mol. The largest absolute Gasteiger partial charge is 0.428 e. The fourth-order valence-corrected chi connectivity index (χ4v) is 2.02. The van der Waals surface area contributed by atoms with E-state index in [1.165, 1.54) is 11.5 Å². The van der Waals surface area contributed by atoms with E-state index in [0.717, 1.165) is 12.2 Å². The van der Waals surface area contributed by atoms with Crippen molar-refractivity contribution < 1.29 is 4.74 Å². The molecule has 0 spiro atoms. The standard InChI is InChI=1S/C10H8Cl2N2OS/c1-2-9-13-10(16-14-9)15-8-5-6(11)3-4-7(8)12/h3-5H,2H2,1H3. The summed E-state index contributed by atoms with van der Waals surface area (Å²) in [4.78, 5) is 4.18. The number of nitrogens with zero attached hydrogens (tertiary/aromatic N) is 2. The second-order valence-corrected chi connectivity index (χ2v) is 4.56. The van der Waals surface area contributed by atoms with Crippen molar-refractivity contribution in [2.75, 3.05) is 0 Å². The molecule has 2 rings (SSSR count). The zero-order valence-corrected chi connectivity index (χ0v) is 10.7. The molecule has 84 valence electrons. The van der Waals surface area contributed by atoms with Crippen LogP contribution in [-0.2, 0) is 6.42 Å².